The number of hydrogen-bond acceptors (Lipinski definition) is 4. The first kappa shape index (κ1) is 14.4. The lowest BCUT2D eigenvalue weighted by molar-refractivity contribution is 0.0194. The van der Waals surface area contributed by atoms with Crippen molar-refractivity contribution in [3.63, 3.8) is 0 Å². The van der Waals surface area contributed by atoms with Crippen molar-refractivity contribution in [2.75, 3.05) is 13.1 Å². The zero-order valence-electron chi connectivity index (χ0n) is 12.6. The largest absolute Gasteiger partial charge is 0.492 e. The van der Waals surface area contributed by atoms with E-state index in [1.165, 1.54) is 0 Å². The summed E-state index contributed by atoms with van der Waals surface area (Å²) in [7, 11) is -0.917. The highest BCUT2D eigenvalue weighted by molar-refractivity contribution is 6.62. The van der Waals surface area contributed by atoms with Gasteiger partial charge < -0.3 is 19.3 Å². The van der Waals surface area contributed by atoms with Crippen LogP contribution in [0.4, 0.5) is 4.79 Å². The van der Waals surface area contributed by atoms with Crippen LogP contribution in [0.15, 0.2) is 24.3 Å². The molecule has 5 nitrogen and oxygen atoms in total. The number of likely N-dealkylation sites (tertiary alicyclic amines) is 1. The number of carbonyl (C=O) groups is 1. The van der Waals surface area contributed by atoms with Crippen LogP contribution in [-0.2, 0) is 15.0 Å². The summed E-state index contributed by atoms with van der Waals surface area (Å²) in [6.45, 7) is 6.53. The molecule has 0 bridgehead atoms. The number of ether oxygens (including phenoxy) is 1. The molecule has 0 aromatic heterocycles. The molecule has 1 N–H and O–H groups in total. The maximum absolute atomic E-state index is 12.2. The Kier molecular flexibility index (Phi) is 3.26. The zero-order chi connectivity index (χ0) is 15.3. The van der Waals surface area contributed by atoms with E-state index in [0.717, 1.165) is 11.0 Å². The molecule has 3 rings (SSSR count). The van der Waals surface area contributed by atoms with E-state index in [4.69, 9.17) is 9.39 Å². The zero-order valence-corrected chi connectivity index (χ0v) is 12.6. The first-order valence-corrected chi connectivity index (χ1v) is 7.24. The molecule has 21 heavy (non-hydrogen) atoms. The van der Waals surface area contributed by atoms with Crippen LogP contribution in [0.2, 0.25) is 0 Å². The molecule has 2 aliphatic heterocycles. The van der Waals surface area contributed by atoms with Crippen LogP contribution >= 0.6 is 0 Å². The van der Waals surface area contributed by atoms with Gasteiger partial charge in [-0.25, -0.2) is 4.79 Å². The van der Waals surface area contributed by atoms with Crippen molar-refractivity contribution < 1.29 is 19.2 Å². The summed E-state index contributed by atoms with van der Waals surface area (Å²) >= 11 is 0. The molecular weight excluding hydrogens is 269 g/mol. The minimum absolute atomic E-state index is 0.332. The van der Waals surface area contributed by atoms with Gasteiger partial charge >= 0.3 is 13.2 Å². The third-order valence-corrected chi connectivity index (χ3v) is 3.94. The Bertz CT molecular complexity index is 571. The van der Waals surface area contributed by atoms with Gasteiger partial charge in [0.05, 0.1) is 12.1 Å². The molecule has 1 amide bonds. The third-order valence-electron chi connectivity index (χ3n) is 3.94. The van der Waals surface area contributed by atoms with Crippen LogP contribution in [0.3, 0.4) is 0 Å². The van der Waals surface area contributed by atoms with E-state index in [-0.39, 0.29) is 6.09 Å². The minimum atomic E-state index is -0.917. The SMILES string of the molecule is CC(C)(C)OC(=O)N1CCC2(C1)OB(O)c1ccccc12. The molecule has 1 fully saturated rings. The first-order valence-electron chi connectivity index (χ1n) is 7.24. The van der Waals surface area contributed by atoms with Crippen LogP contribution in [0, 0.1) is 0 Å². The maximum atomic E-state index is 12.2. The van der Waals surface area contributed by atoms with Crippen molar-refractivity contribution in [1.29, 1.82) is 0 Å². The number of rotatable bonds is 0. The van der Waals surface area contributed by atoms with Crippen molar-refractivity contribution in [3.8, 4) is 0 Å². The van der Waals surface area contributed by atoms with Crippen molar-refractivity contribution >= 4 is 18.7 Å². The van der Waals surface area contributed by atoms with Gasteiger partial charge in [-0.1, -0.05) is 24.3 Å². The molecule has 1 saturated heterocycles. The van der Waals surface area contributed by atoms with E-state index in [2.05, 4.69) is 0 Å². The summed E-state index contributed by atoms with van der Waals surface area (Å²) in [6, 6.07) is 7.64. The van der Waals surface area contributed by atoms with E-state index in [9.17, 15) is 9.82 Å². The molecule has 0 aliphatic carbocycles. The summed E-state index contributed by atoms with van der Waals surface area (Å²) in [5.41, 5.74) is 0.653. The first-order chi connectivity index (χ1) is 9.81. The summed E-state index contributed by atoms with van der Waals surface area (Å²) in [5.74, 6) is 0. The number of fused-ring (bicyclic) bond motifs is 2. The Balaban J connectivity index is 1.80. The van der Waals surface area contributed by atoms with E-state index >= 15 is 0 Å². The van der Waals surface area contributed by atoms with Crippen molar-refractivity contribution in [2.45, 2.75) is 38.4 Å². The van der Waals surface area contributed by atoms with Gasteiger partial charge in [-0.05, 0) is 38.2 Å². The van der Waals surface area contributed by atoms with E-state index in [1.807, 2.05) is 45.0 Å². The van der Waals surface area contributed by atoms with Crippen LogP contribution < -0.4 is 5.46 Å². The fourth-order valence-electron chi connectivity index (χ4n) is 3.05. The lowest BCUT2D eigenvalue weighted by Gasteiger charge is -2.27. The molecule has 2 heterocycles. The molecular formula is C15H20BNO4. The Hall–Kier alpha value is -1.53. The summed E-state index contributed by atoms with van der Waals surface area (Å²) in [4.78, 5) is 13.8. The van der Waals surface area contributed by atoms with Crippen molar-refractivity contribution in [2.24, 2.45) is 0 Å². The molecule has 1 atom stereocenters. The Morgan fingerprint density at radius 3 is 2.86 bits per heavy atom. The van der Waals surface area contributed by atoms with Gasteiger partial charge in [-0.2, -0.15) is 0 Å². The van der Waals surface area contributed by atoms with Crippen molar-refractivity contribution in [3.05, 3.63) is 29.8 Å². The average molecular weight is 289 g/mol. The quantitative estimate of drug-likeness (QED) is 0.730. The third kappa shape index (κ3) is 2.54. The van der Waals surface area contributed by atoms with Gasteiger partial charge in [0.25, 0.3) is 0 Å². The molecule has 0 saturated carbocycles. The second-order valence-electron chi connectivity index (χ2n) is 6.70. The van der Waals surface area contributed by atoms with Gasteiger partial charge in [0.2, 0.25) is 0 Å². The fourth-order valence-corrected chi connectivity index (χ4v) is 3.05. The second kappa shape index (κ2) is 4.75. The number of nitrogens with zero attached hydrogens (tertiary/aromatic N) is 1. The Labute approximate surface area is 125 Å². The molecule has 0 radical (unpaired) electrons. The Morgan fingerprint density at radius 1 is 1.43 bits per heavy atom. The van der Waals surface area contributed by atoms with Gasteiger partial charge in [-0.15, -0.1) is 0 Å². The number of carbonyl (C=O) groups excluding carboxylic acids is 1. The highest BCUT2D eigenvalue weighted by Crippen LogP contribution is 2.39. The van der Waals surface area contributed by atoms with E-state index in [0.29, 0.717) is 19.5 Å². The lowest BCUT2D eigenvalue weighted by atomic mass is 9.78. The summed E-state index contributed by atoms with van der Waals surface area (Å²) in [6.07, 6.45) is 0.335. The van der Waals surface area contributed by atoms with Crippen LogP contribution in [0.5, 0.6) is 0 Å². The number of amides is 1. The fraction of sp³-hybridized carbons (Fsp3) is 0.533. The molecule has 1 spiro atoms. The highest BCUT2D eigenvalue weighted by Gasteiger charge is 2.51. The normalized spacial score (nSPS) is 24.6. The Morgan fingerprint density at radius 2 is 2.14 bits per heavy atom. The van der Waals surface area contributed by atoms with Crippen LogP contribution in [-0.4, -0.2) is 41.8 Å². The average Bonchev–Trinajstić information content (AvgIpc) is 2.93. The van der Waals surface area contributed by atoms with Gasteiger partial charge in [-0.3, -0.25) is 0 Å². The van der Waals surface area contributed by atoms with Gasteiger partial charge in [0.1, 0.15) is 5.60 Å². The van der Waals surface area contributed by atoms with Crippen LogP contribution in [0.1, 0.15) is 32.8 Å². The smallest absolute Gasteiger partial charge is 0.444 e. The number of benzene rings is 1. The molecule has 2 aliphatic rings. The summed E-state index contributed by atoms with van der Waals surface area (Å²) in [5, 5.41) is 10.1. The molecule has 6 heteroatoms. The molecule has 1 aromatic carbocycles. The molecule has 1 unspecified atom stereocenters. The van der Waals surface area contributed by atoms with Crippen molar-refractivity contribution in [1.82, 2.24) is 4.90 Å². The predicted molar refractivity (Wildman–Crippen MR) is 79.2 cm³/mol. The van der Waals surface area contributed by atoms with Crippen LogP contribution in [0.25, 0.3) is 0 Å². The van der Waals surface area contributed by atoms with E-state index in [1.54, 1.807) is 4.90 Å². The standard InChI is InChI=1S/C15H20BNO4/c1-14(2,3)20-13(18)17-9-8-15(10-17)11-6-4-5-7-12(11)16(19)21-15/h4-7,19H,8-10H2,1-3H3. The lowest BCUT2D eigenvalue weighted by Crippen LogP contribution is -2.38. The number of hydrogen-bond donors (Lipinski definition) is 1. The van der Waals surface area contributed by atoms with Gasteiger partial charge in [0, 0.05) is 6.54 Å². The molecule has 112 valence electrons. The monoisotopic (exact) mass is 289 g/mol. The highest BCUT2D eigenvalue weighted by atomic mass is 16.6. The maximum Gasteiger partial charge on any atom is 0.492 e. The predicted octanol–water partition coefficient (Wildman–Crippen LogP) is 1.24. The minimum Gasteiger partial charge on any atom is -0.444 e. The second-order valence-corrected chi connectivity index (χ2v) is 6.70. The van der Waals surface area contributed by atoms with Gasteiger partial charge in [0.15, 0.2) is 0 Å². The molecule has 1 aromatic rings. The van der Waals surface area contributed by atoms with E-state index < -0.39 is 18.3 Å². The topological polar surface area (TPSA) is 59.0 Å². The summed E-state index contributed by atoms with van der Waals surface area (Å²) < 4.78 is 11.2.